The molecule has 0 amide bonds. The number of H-pyrrole nitrogens is 1. The highest BCUT2D eigenvalue weighted by Gasteiger charge is 2.17. The van der Waals surface area contributed by atoms with E-state index in [4.69, 9.17) is 4.74 Å². The minimum Gasteiger partial charge on any atom is -0.462 e. The first-order chi connectivity index (χ1) is 13.2. The first kappa shape index (κ1) is 16.8. The van der Waals surface area contributed by atoms with E-state index in [1.807, 2.05) is 37.3 Å². The molecule has 0 aliphatic carbocycles. The summed E-state index contributed by atoms with van der Waals surface area (Å²) in [6.07, 6.45) is 3.35. The molecule has 0 saturated heterocycles. The Morgan fingerprint density at radius 3 is 2.81 bits per heavy atom. The Balaban J connectivity index is 1.85. The van der Waals surface area contributed by atoms with Crippen LogP contribution in [-0.2, 0) is 4.74 Å². The highest BCUT2D eigenvalue weighted by molar-refractivity contribution is 6.02. The number of fused-ring (bicyclic) bond motifs is 1. The molecule has 0 radical (unpaired) electrons. The van der Waals surface area contributed by atoms with Crippen LogP contribution in [0.4, 0.5) is 0 Å². The van der Waals surface area contributed by atoms with Crippen LogP contribution in [0.3, 0.4) is 0 Å². The molecule has 1 N–H and O–H groups in total. The van der Waals surface area contributed by atoms with Crippen molar-refractivity contribution in [2.24, 2.45) is 0 Å². The Morgan fingerprint density at radius 2 is 2.00 bits per heavy atom. The van der Waals surface area contributed by atoms with Crippen LogP contribution in [0, 0.1) is 6.92 Å². The molecule has 7 heteroatoms. The van der Waals surface area contributed by atoms with Gasteiger partial charge in [0, 0.05) is 23.7 Å². The molecule has 0 bridgehead atoms. The van der Waals surface area contributed by atoms with E-state index in [0.717, 1.165) is 17.0 Å². The number of hydrogen-bond acceptors (Lipinski definition) is 6. The first-order valence-corrected chi connectivity index (χ1v) is 8.58. The van der Waals surface area contributed by atoms with Crippen molar-refractivity contribution in [3.8, 4) is 22.6 Å². The highest BCUT2D eigenvalue weighted by atomic mass is 16.5. The molecule has 4 aromatic heterocycles. The van der Waals surface area contributed by atoms with Crippen LogP contribution in [-0.4, -0.2) is 37.7 Å². The molecule has 134 valence electrons. The molecule has 0 saturated carbocycles. The number of esters is 1. The van der Waals surface area contributed by atoms with Gasteiger partial charge in [0.2, 0.25) is 0 Å². The lowest BCUT2D eigenvalue weighted by Gasteiger charge is -2.07. The molecule has 0 atom stereocenters. The molecule has 4 rings (SSSR count). The second-order valence-electron chi connectivity index (χ2n) is 5.95. The maximum Gasteiger partial charge on any atom is 0.340 e. The fraction of sp³-hybridized carbons (Fsp3) is 0.150. The summed E-state index contributed by atoms with van der Waals surface area (Å²) in [5, 5.41) is 7.22. The summed E-state index contributed by atoms with van der Waals surface area (Å²) >= 11 is 0. The molecule has 0 spiro atoms. The number of aromatic nitrogens is 5. The van der Waals surface area contributed by atoms with Crippen molar-refractivity contribution in [3.63, 3.8) is 0 Å². The number of carbonyl (C=O) groups is 1. The number of nitrogens with one attached hydrogen (secondary N) is 1. The van der Waals surface area contributed by atoms with Crippen molar-refractivity contribution in [1.29, 1.82) is 0 Å². The summed E-state index contributed by atoms with van der Waals surface area (Å²) < 4.78 is 5.14. The van der Waals surface area contributed by atoms with Crippen molar-refractivity contribution in [2.45, 2.75) is 13.8 Å². The Morgan fingerprint density at radius 1 is 1.11 bits per heavy atom. The number of hydrogen-bond donors (Lipinski definition) is 1. The van der Waals surface area contributed by atoms with Crippen LogP contribution < -0.4 is 0 Å². The predicted octanol–water partition coefficient (Wildman–Crippen LogP) is 3.57. The molecular weight excluding hydrogens is 342 g/mol. The van der Waals surface area contributed by atoms with Crippen LogP contribution in [0.1, 0.15) is 23.0 Å². The normalized spacial score (nSPS) is 10.9. The summed E-state index contributed by atoms with van der Waals surface area (Å²) in [6, 6.07) is 11.1. The molecular formula is C20H17N5O2. The highest BCUT2D eigenvalue weighted by Crippen LogP contribution is 2.29. The fourth-order valence-corrected chi connectivity index (χ4v) is 2.90. The van der Waals surface area contributed by atoms with E-state index in [9.17, 15) is 4.79 Å². The minimum absolute atomic E-state index is 0.299. The lowest BCUT2D eigenvalue weighted by Crippen LogP contribution is -2.06. The SMILES string of the molecule is CCOC(=O)c1ccnc2ccc(-c3c[nH]nc3-c3cccc(C)n3)nc12. The van der Waals surface area contributed by atoms with Crippen molar-refractivity contribution in [1.82, 2.24) is 25.1 Å². The molecule has 0 aliphatic heterocycles. The lowest BCUT2D eigenvalue weighted by atomic mass is 10.1. The van der Waals surface area contributed by atoms with Crippen molar-refractivity contribution >= 4 is 17.0 Å². The maximum atomic E-state index is 12.3. The summed E-state index contributed by atoms with van der Waals surface area (Å²) in [4.78, 5) is 25.8. The molecule has 4 aromatic rings. The van der Waals surface area contributed by atoms with E-state index >= 15 is 0 Å². The van der Waals surface area contributed by atoms with Gasteiger partial charge in [0.05, 0.1) is 29.1 Å². The number of aryl methyl sites for hydroxylation is 1. The van der Waals surface area contributed by atoms with E-state index in [2.05, 4.69) is 25.1 Å². The van der Waals surface area contributed by atoms with Gasteiger partial charge in [-0.1, -0.05) is 6.07 Å². The minimum atomic E-state index is -0.415. The Hall–Kier alpha value is -3.61. The first-order valence-electron chi connectivity index (χ1n) is 8.58. The van der Waals surface area contributed by atoms with Crippen LogP contribution in [0.15, 0.2) is 48.8 Å². The van der Waals surface area contributed by atoms with Crippen molar-refractivity contribution < 1.29 is 9.53 Å². The van der Waals surface area contributed by atoms with Crippen molar-refractivity contribution in [2.75, 3.05) is 6.61 Å². The van der Waals surface area contributed by atoms with Gasteiger partial charge in [-0.15, -0.1) is 0 Å². The number of rotatable bonds is 4. The largest absolute Gasteiger partial charge is 0.462 e. The summed E-state index contributed by atoms with van der Waals surface area (Å²) in [5.74, 6) is -0.415. The zero-order valence-corrected chi connectivity index (χ0v) is 14.9. The van der Waals surface area contributed by atoms with E-state index in [1.165, 1.54) is 0 Å². The van der Waals surface area contributed by atoms with Crippen LogP contribution in [0.2, 0.25) is 0 Å². The Bertz CT molecular complexity index is 1140. The topological polar surface area (TPSA) is 93.7 Å². The molecule has 27 heavy (non-hydrogen) atoms. The van der Waals surface area contributed by atoms with Crippen LogP contribution in [0.5, 0.6) is 0 Å². The molecule has 4 heterocycles. The van der Waals surface area contributed by atoms with Gasteiger partial charge < -0.3 is 4.74 Å². The molecule has 7 nitrogen and oxygen atoms in total. The fourth-order valence-electron chi connectivity index (χ4n) is 2.90. The van der Waals surface area contributed by atoms with Crippen LogP contribution in [0.25, 0.3) is 33.7 Å². The quantitative estimate of drug-likeness (QED) is 0.560. The predicted molar refractivity (Wildman–Crippen MR) is 101 cm³/mol. The molecule has 0 fully saturated rings. The maximum absolute atomic E-state index is 12.3. The van der Waals surface area contributed by atoms with E-state index in [0.29, 0.717) is 34.6 Å². The standard InChI is InChI=1S/C20H17N5O2/c1-3-27-20(26)13-9-10-21-16-8-7-15(24-18(13)16)14-11-22-25-19(14)17-6-4-5-12(2)23-17/h4-11H,3H2,1-2H3,(H,22,25). The zero-order valence-electron chi connectivity index (χ0n) is 14.9. The second-order valence-corrected chi connectivity index (χ2v) is 5.95. The summed E-state index contributed by atoms with van der Waals surface area (Å²) in [5.41, 5.74) is 5.35. The summed E-state index contributed by atoms with van der Waals surface area (Å²) in [7, 11) is 0. The zero-order chi connectivity index (χ0) is 18.8. The Labute approximate surface area is 155 Å². The molecule has 0 aliphatic rings. The third-order valence-electron chi connectivity index (χ3n) is 4.13. The average Bonchev–Trinajstić information content (AvgIpc) is 3.17. The van der Waals surface area contributed by atoms with Gasteiger partial charge in [-0.2, -0.15) is 5.10 Å². The van der Waals surface area contributed by atoms with Gasteiger partial charge >= 0.3 is 5.97 Å². The van der Waals surface area contributed by atoms with E-state index < -0.39 is 5.97 Å². The van der Waals surface area contributed by atoms with Crippen LogP contribution >= 0.6 is 0 Å². The number of nitrogens with zero attached hydrogens (tertiary/aromatic N) is 4. The average molecular weight is 359 g/mol. The third kappa shape index (κ3) is 3.15. The van der Waals surface area contributed by atoms with E-state index in [1.54, 1.807) is 25.4 Å². The van der Waals surface area contributed by atoms with Gasteiger partial charge in [0.25, 0.3) is 0 Å². The molecule has 0 unspecified atom stereocenters. The number of carbonyl (C=O) groups excluding carboxylic acids is 1. The number of aromatic amines is 1. The van der Waals surface area contributed by atoms with Gasteiger partial charge in [-0.3, -0.25) is 15.1 Å². The smallest absolute Gasteiger partial charge is 0.340 e. The van der Waals surface area contributed by atoms with E-state index in [-0.39, 0.29) is 0 Å². The second kappa shape index (κ2) is 6.95. The van der Waals surface area contributed by atoms with Crippen molar-refractivity contribution in [3.05, 3.63) is 60.0 Å². The lowest BCUT2D eigenvalue weighted by molar-refractivity contribution is 0.0528. The van der Waals surface area contributed by atoms with Gasteiger partial charge in [0.15, 0.2) is 0 Å². The van der Waals surface area contributed by atoms with Gasteiger partial charge in [-0.25, -0.2) is 9.78 Å². The molecule has 0 aromatic carbocycles. The number of pyridine rings is 3. The third-order valence-corrected chi connectivity index (χ3v) is 4.13. The van der Waals surface area contributed by atoms with Gasteiger partial charge in [0.1, 0.15) is 11.2 Å². The Kier molecular flexibility index (Phi) is 4.33. The monoisotopic (exact) mass is 359 g/mol. The number of ether oxygens (including phenoxy) is 1. The summed E-state index contributed by atoms with van der Waals surface area (Å²) in [6.45, 7) is 4.00. The van der Waals surface area contributed by atoms with Gasteiger partial charge in [-0.05, 0) is 44.2 Å².